The Balaban J connectivity index is 2.18. The van der Waals surface area contributed by atoms with E-state index in [2.05, 4.69) is 4.98 Å². The van der Waals surface area contributed by atoms with Gasteiger partial charge in [-0.1, -0.05) is 13.0 Å². The van der Waals surface area contributed by atoms with Gasteiger partial charge in [0.15, 0.2) is 0 Å². The topological polar surface area (TPSA) is 44.1 Å². The average molecular weight is 250 g/mol. The molecule has 0 amide bonds. The standard InChI is InChI=1S/C12H14N2O2S/c1-9(12(15)16-2)8-14-6-5-13-11(14)10-4-3-7-17-10/h3-7,9H,8H2,1-2H3. The van der Waals surface area contributed by atoms with Gasteiger partial charge in [0.1, 0.15) is 5.82 Å². The molecule has 2 rings (SSSR count). The van der Waals surface area contributed by atoms with Crippen molar-refractivity contribution in [2.45, 2.75) is 13.5 Å². The van der Waals surface area contributed by atoms with Crippen molar-refractivity contribution in [1.29, 1.82) is 0 Å². The molecule has 2 aromatic heterocycles. The number of hydrogen-bond donors (Lipinski definition) is 0. The van der Waals surface area contributed by atoms with E-state index in [1.165, 1.54) is 7.11 Å². The first-order valence-corrected chi connectivity index (χ1v) is 6.23. The fourth-order valence-electron chi connectivity index (χ4n) is 1.66. The molecular weight excluding hydrogens is 236 g/mol. The van der Waals surface area contributed by atoms with E-state index in [0.29, 0.717) is 6.54 Å². The van der Waals surface area contributed by atoms with Crippen LogP contribution in [0.15, 0.2) is 29.9 Å². The molecule has 0 aliphatic heterocycles. The molecule has 0 radical (unpaired) electrons. The van der Waals surface area contributed by atoms with Crippen molar-refractivity contribution in [2.24, 2.45) is 5.92 Å². The van der Waals surface area contributed by atoms with E-state index in [9.17, 15) is 4.79 Å². The second-order valence-electron chi connectivity index (χ2n) is 3.80. The summed E-state index contributed by atoms with van der Waals surface area (Å²) in [4.78, 5) is 16.8. The minimum atomic E-state index is -0.198. The van der Waals surface area contributed by atoms with E-state index in [4.69, 9.17) is 4.74 Å². The van der Waals surface area contributed by atoms with Gasteiger partial charge in [0.25, 0.3) is 0 Å². The summed E-state index contributed by atoms with van der Waals surface area (Å²) in [6.07, 6.45) is 3.63. The minimum Gasteiger partial charge on any atom is -0.469 e. The third-order valence-electron chi connectivity index (χ3n) is 2.53. The van der Waals surface area contributed by atoms with Crippen molar-refractivity contribution in [3.63, 3.8) is 0 Å². The maximum atomic E-state index is 11.4. The van der Waals surface area contributed by atoms with Gasteiger partial charge in [-0.05, 0) is 11.4 Å². The lowest BCUT2D eigenvalue weighted by Gasteiger charge is -2.11. The summed E-state index contributed by atoms with van der Waals surface area (Å²) in [6.45, 7) is 2.43. The van der Waals surface area contributed by atoms with Crippen molar-refractivity contribution in [1.82, 2.24) is 9.55 Å². The van der Waals surface area contributed by atoms with Crippen molar-refractivity contribution in [2.75, 3.05) is 7.11 Å². The summed E-state index contributed by atoms with van der Waals surface area (Å²) in [6, 6.07) is 4.01. The van der Waals surface area contributed by atoms with Crippen LogP contribution in [0.2, 0.25) is 0 Å². The van der Waals surface area contributed by atoms with Crippen LogP contribution in [0, 0.1) is 5.92 Å². The van der Waals surface area contributed by atoms with E-state index in [1.54, 1.807) is 17.5 Å². The summed E-state index contributed by atoms with van der Waals surface area (Å²) in [7, 11) is 1.41. The normalized spacial score (nSPS) is 12.4. The van der Waals surface area contributed by atoms with E-state index < -0.39 is 0 Å². The zero-order valence-electron chi connectivity index (χ0n) is 9.79. The lowest BCUT2D eigenvalue weighted by atomic mass is 10.2. The number of thiophene rings is 1. The number of carbonyl (C=O) groups excluding carboxylic acids is 1. The van der Waals surface area contributed by atoms with Crippen molar-refractivity contribution in [3.05, 3.63) is 29.9 Å². The SMILES string of the molecule is COC(=O)C(C)Cn1ccnc1-c1cccs1. The zero-order chi connectivity index (χ0) is 12.3. The van der Waals surface area contributed by atoms with Crippen LogP contribution >= 0.6 is 11.3 Å². The van der Waals surface area contributed by atoms with E-state index in [-0.39, 0.29) is 11.9 Å². The molecule has 1 atom stereocenters. The molecule has 17 heavy (non-hydrogen) atoms. The first-order chi connectivity index (χ1) is 8.22. The predicted molar refractivity (Wildman–Crippen MR) is 66.7 cm³/mol. The molecule has 0 fully saturated rings. The van der Waals surface area contributed by atoms with Gasteiger partial charge in [-0.25, -0.2) is 4.98 Å². The number of aromatic nitrogens is 2. The summed E-state index contributed by atoms with van der Waals surface area (Å²) in [5.41, 5.74) is 0. The number of hydrogen-bond acceptors (Lipinski definition) is 4. The minimum absolute atomic E-state index is 0.173. The molecule has 0 spiro atoms. The lowest BCUT2D eigenvalue weighted by molar-refractivity contribution is -0.145. The highest BCUT2D eigenvalue weighted by Gasteiger charge is 2.16. The van der Waals surface area contributed by atoms with E-state index >= 15 is 0 Å². The maximum Gasteiger partial charge on any atom is 0.310 e. The Morgan fingerprint density at radius 1 is 1.65 bits per heavy atom. The number of methoxy groups -OCH3 is 1. The number of rotatable bonds is 4. The van der Waals surface area contributed by atoms with Crippen molar-refractivity contribution >= 4 is 17.3 Å². The Labute approximate surface area is 104 Å². The Bertz CT molecular complexity index is 490. The average Bonchev–Trinajstić information content (AvgIpc) is 2.97. The highest BCUT2D eigenvalue weighted by molar-refractivity contribution is 7.13. The fourth-order valence-corrected chi connectivity index (χ4v) is 2.39. The molecule has 2 aromatic rings. The number of carbonyl (C=O) groups is 1. The van der Waals surface area contributed by atoms with Crippen LogP contribution in [0.5, 0.6) is 0 Å². The van der Waals surface area contributed by atoms with Crippen LogP contribution in [0.25, 0.3) is 10.7 Å². The molecular formula is C12H14N2O2S. The quantitative estimate of drug-likeness (QED) is 0.783. The molecule has 0 saturated carbocycles. The molecule has 4 nitrogen and oxygen atoms in total. The molecule has 1 unspecified atom stereocenters. The fraction of sp³-hybridized carbons (Fsp3) is 0.333. The van der Waals surface area contributed by atoms with Gasteiger partial charge in [0, 0.05) is 18.9 Å². The summed E-state index contributed by atoms with van der Waals surface area (Å²) < 4.78 is 6.70. The molecule has 0 bridgehead atoms. The van der Waals surface area contributed by atoms with E-state index in [0.717, 1.165) is 10.7 Å². The highest BCUT2D eigenvalue weighted by atomic mass is 32.1. The second kappa shape index (κ2) is 5.14. The monoisotopic (exact) mass is 250 g/mol. The Hall–Kier alpha value is -1.62. The largest absolute Gasteiger partial charge is 0.469 e. The van der Waals surface area contributed by atoms with Crippen LogP contribution < -0.4 is 0 Å². The molecule has 0 aromatic carbocycles. The van der Waals surface area contributed by atoms with Crippen LogP contribution in [0.1, 0.15) is 6.92 Å². The van der Waals surface area contributed by atoms with Gasteiger partial charge in [0.05, 0.1) is 17.9 Å². The Morgan fingerprint density at radius 2 is 2.47 bits per heavy atom. The molecule has 0 N–H and O–H groups in total. The number of imidazole rings is 1. The molecule has 0 aliphatic rings. The Morgan fingerprint density at radius 3 is 3.12 bits per heavy atom. The van der Waals surface area contributed by atoms with Crippen LogP contribution in [-0.2, 0) is 16.1 Å². The van der Waals surface area contributed by atoms with Gasteiger partial charge in [-0.3, -0.25) is 4.79 Å². The van der Waals surface area contributed by atoms with Crippen molar-refractivity contribution < 1.29 is 9.53 Å². The molecule has 2 heterocycles. The van der Waals surface area contributed by atoms with Crippen molar-refractivity contribution in [3.8, 4) is 10.7 Å². The first-order valence-electron chi connectivity index (χ1n) is 5.35. The predicted octanol–water partition coefficient (Wildman–Crippen LogP) is 2.42. The highest BCUT2D eigenvalue weighted by Crippen LogP contribution is 2.23. The summed E-state index contributed by atoms with van der Waals surface area (Å²) in [5, 5.41) is 2.01. The third-order valence-corrected chi connectivity index (χ3v) is 3.40. The number of nitrogens with zero attached hydrogens (tertiary/aromatic N) is 2. The Kier molecular flexibility index (Phi) is 3.58. The van der Waals surface area contributed by atoms with Gasteiger partial charge in [-0.15, -0.1) is 11.3 Å². The maximum absolute atomic E-state index is 11.4. The number of esters is 1. The van der Waals surface area contributed by atoms with Gasteiger partial charge in [-0.2, -0.15) is 0 Å². The lowest BCUT2D eigenvalue weighted by Crippen LogP contribution is -2.18. The van der Waals surface area contributed by atoms with Crippen LogP contribution in [-0.4, -0.2) is 22.6 Å². The van der Waals surface area contributed by atoms with Gasteiger partial charge in [0.2, 0.25) is 0 Å². The van der Waals surface area contributed by atoms with Crippen LogP contribution in [0.3, 0.4) is 0 Å². The molecule has 90 valence electrons. The van der Waals surface area contributed by atoms with Gasteiger partial charge < -0.3 is 9.30 Å². The summed E-state index contributed by atoms with van der Waals surface area (Å²) in [5.74, 6) is 0.527. The van der Waals surface area contributed by atoms with E-state index in [1.807, 2.05) is 35.2 Å². The second-order valence-corrected chi connectivity index (χ2v) is 4.75. The summed E-state index contributed by atoms with van der Waals surface area (Å²) >= 11 is 1.64. The third kappa shape index (κ3) is 2.55. The zero-order valence-corrected chi connectivity index (χ0v) is 10.6. The van der Waals surface area contributed by atoms with Gasteiger partial charge >= 0.3 is 5.97 Å². The molecule has 0 saturated heterocycles. The first kappa shape index (κ1) is 11.9. The smallest absolute Gasteiger partial charge is 0.310 e. The molecule has 5 heteroatoms. The number of ether oxygens (including phenoxy) is 1. The molecule has 0 aliphatic carbocycles. The van der Waals surface area contributed by atoms with Crippen LogP contribution in [0.4, 0.5) is 0 Å².